The molecule has 1 rings (SSSR count). The van der Waals surface area contributed by atoms with Crippen molar-refractivity contribution in [2.24, 2.45) is 0 Å². The van der Waals surface area contributed by atoms with Gasteiger partial charge in [-0.1, -0.05) is 0 Å². The van der Waals surface area contributed by atoms with Gasteiger partial charge in [0.15, 0.2) is 0 Å². The zero-order valence-corrected chi connectivity index (χ0v) is 8.16. The average Bonchev–Trinajstić information content (AvgIpc) is 2.21. The van der Waals surface area contributed by atoms with E-state index in [1.807, 2.05) is 11.9 Å². The van der Waals surface area contributed by atoms with Gasteiger partial charge in [-0.15, -0.1) is 0 Å². The first-order chi connectivity index (χ1) is 6.16. The predicted octanol–water partition coefficient (Wildman–Crippen LogP) is 0.0626. The first kappa shape index (κ1) is 10.0. The molecule has 0 saturated carbocycles. The van der Waals surface area contributed by atoms with Crippen LogP contribution in [0.1, 0.15) is 12.8 Å². The van der Waals surface area contributed by atoms with Gasteiger partial charge in [-0.3, -0.25) is 9.69 Å². The van der Waals surface area contributed by atoms with Crippen molar-refractivity contribution in [3.8, 4) is 6.07 Å². The minimum Gasteiger partial charge on any atom is -0.344 e. The molecule has 0 bridgehead atoms. The molecule has 1 aliphatic rings. The summed E-state index contributed by atoms with van der Waals surface area (Å²) in [4.78, 5) is 15.4. The van der Waals surface area contributed by atoms with Gasteiger partial charge in [0, 0.05) is 20.1 Å². The van der Waals surface area contributed by atoms with Crippen LogP contribution in [0.2, 0.25) is 0 Å². The van der Waals surface area contributed by atoms with Crippen LogP contribution in [0, 0.1) is 11.3 Å². The molecule has 1 unspecified atom stereocenters. The molecule has 0 aromatic heterocycles. The lowest BCUT2D eigenvalue weighted by atomic mass is 10.2. The number of hydrogen-bond acceptors (Lipinski definition) is 3. The van der Waals surface area contributed by atoms with Gasteiger partial charge in [-0.05, 0) is 13.5 Å². The lowest BCUT2D eigenvalue weighted by Crippen LogP contribution is -2.42. The van der Waals surface area contributed by atoms with E-state index < -0.39 is 0 Å². The molecule has 0 aromatic rings. The molecule has 0 spiro atoms. The minimum atomic E-state index is -0.238. The Morgan fingerprint density at radius 1 is 1.54 bits per heavy atom. The Hall–Kier alpha value is -1.08. The van der Waals surface area contributed by atoms with Gasteiger partial charge in [-0.25, -0.2) is 0 Å². The third-order valence-electron chi connectivity index (χ3n) is 2.48. The lowest BCUT2D eigenvalue weighted by Gasteiger charge is -2.23. The van der Waals surface area contributed by atoms with Crippen molar-refractivity contribution in [3.63, 3.8) is 0 Å². The van der Waals surface area contributed by atoms with Crippen molar-refractivity contribution >= 4 is 5.91 Å². The fourth-order valence-electron chi connectivity index (χ4n) is 1.60. The zero-order chi connectivity index (χ0) is 9.84. The van der Waals surface area contributed by atoms with Gasteiger partial charge in [-0.2, -0.15) is 5.26 Å². The fourth-order valence-corrected chi connectivity index (χ4v) is 1.60. The summed E-state index contributed by atoms with van der Waals surface area (Å²) in [5.41, 5.74) is 0. The summed E-state index contributed by atoms with van der Waals surface area (Å²) in [6.45, 7) is 1.69. The summed E-state index contributed by atoms with van der Waals surface area (Å²) in [5.74, 6) is 0.0709. The summed E-state index contributed by atoms with van der Waals surface area (Å²) in [6, 6.07) is 1.82. The average molecular weight is 181 g/mol. The van der Waals surface area contributed by atoms with Crippen molar-refractivity contribution in [2.45, 2.75) is 18.9 Å². The molecule has 1 amide bonds. The van der Waals surface area contributed by atoms with E-state index in [9.17, 15) is 4.79 Å². The molecule has 0 aromatic carbocycles. The second-order valence-electron chi connectivity index (χ2n) is 3.47. The molecular weight excluding hydrogens is 166 g/mol. The van der Waals surface area contributed by atoms with Crippen molar-refractivity contribution in [2.75, 3.05) is 27.2 Å². The number of rotatable bonds is 1. The third kappa shape index (κ3) is 2.19. The van der Waals surface area contributed by atoms with Crippen molar-refractivity contribution in [3.05, 3.63) is 0 Å². The molecule has 0 N–H and O–H groups in total. The number of amides is 1. The maximum Gasteiger partial charge on any atom is 0.240 e. The van der Waals surface area contributed by atoms with Crippen LogP contribution in [0.25, 0.3) is 0 Å². The van der Waals surface area contributed by atoms with Crippen LogP contribution in [0.15, 0.2) is 0 Å². The first-order valence-electron chi connectivity index (χ1n) is 4.49. The van der Waals surface area contributed by atoms with Crippen molar-refractivity contribution in [1.29, 1.82) is 5.26 Å². The quantitative estimate of drug-likeness (QED) is 0.575. The van der Waals surface area contributed by atoms with Crippen LogP contribution in [-0.2, 0) is 4.79 Å². The molecule has 1 aliphatic heterocycles. The molecular formula is C9H15N3O. The Labute approximate surface area is 78.7 Å². The van der Waals surface area contributed by atoms with E-state index in [0.717, 1.165) is 19.5 Å². The monoisotopic (exact) mass is 181 g/mol. The Bertz CT molecular complexity index is 234. The molecule has 1 saturated heterocycles. The van der Waals surface area contributed by atoms with Gasteiger partial charge >= 0.3 is 0 Å². The highest BCUT2D eigenvalue weighted by Crippen LogP contribution is 2.10. The molecule has 0 aliphatic carbocycles. The smallest absolute Gasteiger partial charge is 0.240 e. The van der Waals surface area contributed by atoms with E-state index >= 15 is 0 Å². The summed E-state index contributed by atoms with van der Waals surface area (Å²) >= 11 is 0. The molecule has 13 heavy (non-hydrogen) atoms. The lowest BCUT2D eigenvalue weighted by molar-refractivity contribution is -0.133. The molecule has 4 heteroatoms. The molecule has 0 radical (unpaired) electrons. The van der Waals surface area contributed by atoms with Crippen LogP contribution in [0.4, 0.5) is 0 Å². The summed E-state index contributed by atoms with van der Waals surface area (Å²) in [5, 5.41) is 8.58. The number of likely N-dealkylation sites (N-methyl/N-ethyl adjacent to an activating group) is 2. The highest BCUT2D eigenvalue weighted by molar-refractivity contribution is 5.82. The van der Waals surface area contributed by atoms with E-state index in [0.29, 0.717) is 6.42 Å². The van der Waals surface area contributed by atoms with Crippen LogP contribution in [-0.4, -0.2) is 48.9 Å². The molecule has 1 heterocycles. The second-order valence-corrected chi connectivity index (χ2v) is 3.47. The Kier molecular flexibility index (Phi) is 3.26. The van der Waals surface area contributed by atoms with Crippen molar-refractivity contribution in [1.82, 2.24) is 9.80 Å². The first-order valence-corrected chi connectivity index (χ1v) is 4.49. The minimum absolute atomic E-state index is 0.0709. The van der Waals surface area contributed by atoms with E-state index in [-0.39, 0.29) is 11.9 Å². The Morgan fingerprint density at radius 2 is 2.23 bits per heavy atom. The van der Waals surface area contributed by atoms with Gasteiger partial charge < -0.3 is 4.90 Å². The van der Waals surface area contributed by atoms with E-state index in [1.165, 1.54) is 0 Å². The second kappa shape index (κ2) is 4.24. The van der Waals surface area contributed by atoms with E-state index in [4.69, 9.17) is 5.26 Å². The maximum atomic E-state index is 11.7. The molecule has 1 fully saturated rings. The molecule has 72 valence electrons. The largest absolute Gasteiger partial charge is 0.344 e. The normalized spacial score (nSPS) is 25.5. The number of carbonyl (C=O) groups excluding carboxylic acids is 1. The van der Waals surface area contributed by atoms with Gasteiger partial charge in [0.25, 0.3) is 0 Å². The van der Waals surface area contributed by atoms with E-state index in [1.54, 1.807) is 11.9 Å². The number of nitriles is 1. The van der Waals surface area contributed by atoms with Crippen molar-refractivity contribution < 1.29 is 4.79 Å². The number of nitrogens with zero attached hydrogens (tertiary/aromatic N) is 3. The van der Waals surface area contributed by atoms with Crippen LogP contribution >= 0.6 is 0 Å². The van der Waals surface area contributed by atoms with Gasteiger partial charge in [0.2, 0.25) is 5.91 Å². The van der Waals surface area contributed by atoms with E-state index in [2.05, 4.69) is 6.07 Å². The van der Waals surface area contributed by atoms with Gasteiger partial charge in [0.1, 0.15) is 6.04 Å². The summed E-state index contributed by atoms with van der Waals surface area (Å²) in [6.07, 6.45) is 1.28. The molecule has 4 nitrogen and oxygen atoms in total. The maximum absolute atomic E-state index is 11.7. The topological polar surface area (TPSA) is 47.3 Å². The Morgan fingerprint density at radius 3 is 2.85 bits per heavy atom. The van der Waals surface area contributed by atoms with Crippen LogP contribution < -0.4 is 0 Å². The number of carbonyl (C=O) groups is 1. The highest BCUT2D eigenvalue weighted by Gasteiger charge is 2.28. The molecule has 1 atom stereocenters. The zero-order valence-electron chi connectivity index (χ0n) is 8.16. The summed E-state index contributed by atoms with van der Waals surface area (Å²) < 4.78 is 0. The van der Waals surface area contributed by atoms with Crippen LogP contribution in [0.3, 0.4) is 0 Å². The SMILES string of the molecule is CN1CCCN(C)C(CC#N)C1=O. The third-order valence-corrected chi connectivity index (χ3v) is 2.48. The Balaban J connectivity index is 2.73. The van der Waals surface area contributed by atoms with Crippen LogP contribution in [0.5, 0.6) is 0 Å². The number of hydrogen-bond donors (Lipinski definition) is 0. The fraction of sp³-hybridized carbons (Fsp3) is 0.778. The standard InChI is InChI=1S/C9H15N3O/c1-11-6-3-7-12(2)9(13)8(11)4-5-10/h8H,3-4,6-7H2,1-2H3. The summed E-state index contributed by atoms with van der Waals surface area (Å²) in [7, 11) is 3.70. The predicted molar refractivity (Wildman–Crippen MR) is 48.9 cm³/mol. The highest BCUT2D eigenvalue weighted by atomic mass is 16.2. The van der Waals surface area contributed by atoms with Gasteiger partial charge in [0.05, 0.1) is 12.5 Å².